The Morgan fingerprint density at radius 2 is 1.91 bits per heavy atom. The normalized spacial score (nSPS) is 24.1. The maximum atomic E-state index is 11.6. The lowest BCUT2D eigenvalue weighted by Gasteiger charge is -1.98. The van der Waals surface area contributed by atoms with Gasteiger partial charge in [-0.15, -0.1) is 9.19 Å². The molecule has 0 aromatic carbocycles. The predicted molar refractivity (Wildman–Crippen MR) is 82.5 cm³/mol. The van der Waals surface area contributed by atoms with Crippen molar-refractivity contribution in [2.45, 2.75) is 44.4 Å². The number of aromatic nitrogens is 6. The third-order valence-electron chi connectivity index (χ3n) is 4.57. The summed E-state index contributed by atoms with van der Waals surface area (Å²) in [6.07, 6.45) is 5.34. The van der Waals surface area contributed by atoms with Crippen LogP contribution in [0.3, 0.4) is 0 Å². The summed E-state index contributed by atoms with van der Waals surface area (Å²) in [5.41, 5.74) is 0. The highest BCUT2D eigenvalue weighted by atomic mass is 32.2. The minimum Gasteiger partial charge on any atom is -0.253 e. The van der Waals surface area contributed by atoms with E-state index in [4.69, 9.17) is 0 Å². The van der Waals surface area contributed by atoms with Crippen molar-refractivity contribution < 1.29 is 8.42 Å². The highest BCUT2D eigenvalue weighted by molar-refractivity contribution is 7.89. The SMILES string of the molecule is Cc1nc(C2CC2Cc2nc(C3CC3)nn2C)nn1S(C)(=O)=O. The summed E-state index contributed by atoms with van der Waals surface area (Å²) in [5, 5.41) is 8.67. The van der Waals surface area contributed by atoms with Crippen molar-refractivity contribution in [1.82, 2.24) is 28.9 Å². The van der Waals surface area contributed by atoms with E-state index < -0.39 is 10.0 Å². The van der Waals surface area contributed by atoms with Gasteiger partial charge in [-0.1, -0.05) is 0 Å². The van der Waals surface area contributed by atoms with Crippen LogP contribution in [0.15, 0.2) is 0 Å². The molecule has 0 saturated heterocycles. The molecule has 0 radical (unpaired) electrons. The van der Waals surface area contributed by atoms with Gasteiger partial charge in [-0.25, -0.2) is 18.4 Å². The van der Waals surface area contributed by atoms with Crippen molar-refractivity contribution in [2.24, 2.45) is 13.0 Å². The van der Waals surface area contributed by atoms with Gasteiger partial charge >= 0.3 is 0 Å². The van der Waals surface area contributed by atoms with E-state index in [1.807, 2.05) is 11.7 Å². The van der Waals surface area contributed by atoms with E-state index in [0.29, 0.717) is 23.5 Å². The summed E-state index contributed by atoms with van der Waals surface area (Å²) in [5.74, 6) is 4.20. The number of nitrogens with zero attached hydrogens (tertiary/aromatic N) is 6. The second-order valence-electron chi connectivity index (χ2n) is 6.71. The van der Waals surface area contributed by atoms with Gasteiger partial charge < -0.3 is 0 Å². The zero-order valence-electron chi connectivity index (χ0n) is 13.5. The van der Waals surface area contributed by atoms with Crippen LogP contribution in [0.2, 0.25) is 0 Å². The fourth-order valence-corrected chi connectivity index (χ4v) is 3.77. The molecule has 2 aromatic rings. The summed E-state index contributed by atoms with van der Waals surface area (Å²) in [4.78, 5) is 8.98. The maximum Gasteiger partial charge on any atom is 0.252 e. The van der Waals surface area contributed by atoms with Gasteiger partial charge in [-0.3, -0.25) is 4.68 Å². The predicted octanol–water partition coefficient (Wildman–Crippen LogP) is 0.746. The summed E-state index contributed by atoms with van der Waals surface area (Å²) >= 11 is 0. The smallest absolute Gasteiger partial charge is 0.252 e. The molecule has 2 unspecified atom stereocenters. The molecule has 9 heteroatoms. The van der Waals surface area contributed by atoms with Gasteiger partial charge in [0.15, 0.2) is 11.6 Å². The molecule has 0 aliphatic heterocycles. The lowest BCUT2D eigenvalue weighted by atomic mass is 10.2. The molecule has 23 heavy (non-hydrogen) atoms. The molecule has 2 aromatic heterocycles. The monoisotopic (exact) mass is 336 g/mol. The highest BCUT2D eigenvalue weighted by Crippen LogP contribution is 2.48. The molecular formula is C14H20N6O2S. The van der Waals surface area contributed by atoms with Crippen LogP contribution in [0, 0.1) is 12.8 Å². The highest BCUT2D eigenvalue weighted by Gasteiger charge is 2.43. The lowest BCUT2D eigenvalue weighted by molar-refractivity contribution is 0.583. The van der Waals surface area contributed by atoms with Gasteiger partial charge in [0.1, 0.15) is 11.6 Å². The van der Waals surface area contributed by atoms with Crippen molar-refractivity contribution in [2.75, 3.05) is 6.26 Å². The van der Waals surface area contributed by atoms with Gasteiger partial charge in [-0.2, -0.15) is 5.10 Å². The van der Waals surface area contributed by atoms with Crippen LogP contribution in [-0.2, 0) is 23.5 Å². The van der Waals surface area contributed by atoms with Crippen molar-refractivity contribution in [3.63, 3.8) is 0 Å². The Morgan fingerprint density at radius 3 is 2.52 bits per heavy atom. The number of aryl methyl sites for hydroxylation is 2. The van der Waals surface area contributed by atoms with Crippen LogP contribution in [0.1, 0.15) is 54.4 Å². The molecule has 2 fully saturated rings. The van der Waals surface area contributed by atoms with Gasteiger partial charge in [0.25, 0.3) is 10.0 Å². The van der Waals surface area contributed by atoms with Gasteiger partial charge in [0, 0.05) is 25.3 Å². The van der Waals surface area contributed by atoms with Gasteiger partial charge in [0.2, 0.25) is 0 Å². The zero-order valence-corrected chi connectivity index (χ0v) is 14.3. The van der Waals surface area contributed by atoms with Crippen LogP contribution in [-0.4, -0.2) is 43.6 Å². The molecule has 0 amide bonds. The molecule has 4 rings (SSSR count). The quantitative estimate of drug-likeness (QED) is 0.799. The standard InChI is InChI=1S/C14H20N6O2S/c1-8-15-14(18-20(8)23(3,21)22)11-6-10(11)7-12-16-13(9-4-5-9)17-19(12)2/h9-11H,4-7H2,1-3H3. The van der Waals surface area contributed by atoms with E-state index in [9.17, 15) is 8.42 Å². The average Bonchev–Trinajstić information content (AvgIpc) is 3.34. The number of hydrogen-bond acceptors (Lipinski definition) is 6. The molecule has 2 atom stereocenters. The number of rotatable bonds is 5. The molecular weight excluding hydrogens is 316 g/mol. The van der Waals surface area contributed by atoms with Crippen LogP contribution in [0.4, 0.5) is 0 Å². The first-order valence-electron chi connectivity index (χ1n) is 7.87. The Balaban J connectivity index is 1.48. The van der Waals surface area contributed by atoms with Crippen molar-refractivity contribution in [3.05, 3.63) is 23.3 Å². The third-order valence-corrected chi connectivity index (χ3v) is 5.55. The Kier molecular flexibility index (Phi) is 3.13. The maximum absolute atomic E-state index is 11.6. The van der Waals surface area contributed by atoms with Crippen LogP contribution in [0.25, 0.3) is 0 Å². The summed E-state index contributed by atoms with van der Waals surface area (Å²) < 4.78 is 26.2. The minimum absolute atomic E-state index is 0.220. The summed E-state index contributed by atoms with van der Waals surface area (Å²) in [7, 11) is -1.45. The topological polar surface area (TPSA) is 95.6 Å². The first-order chi connectivity index (χ1) is 10.8. The van der Waals surface area contributed by atoms with Gasteiger partial charge in [-0.05, 0) is 32.1 Å². The van der Waals surface area contributed by atoms with Crippen LogP contribution < -0.4 is 0 Å². The Morgan fingerprint density at radius 1 is 1.17 bits per heavy atom. The van der Waals surface area contributed by atoms with Crippen molar-refractivity contribution in [3.8, 4) is 0 Å². The molecule has 124 valence electrons. The Hall–Kier alpha value is -1.77. The zero-order chi connectivity index (χ0) is 16.4. The van der Waals surface area contributed by atoms with Gasteiger partial charge in [0.05, 0.1) is 6.26 Å². The van der Waals surface area contributed by atoms with Crippen LogP contribution in [0.5, 0.6) is 0 Å². The summed E-state index contributed by atoms with van der Waals surface area (Å²) in [6, 6.07) is 0. The molecule has 2 saturated carbocycles. The van der Waals surface area contributed by atoms with E-state index in [1.54, 1.807) is 6.92 Å². The molecule has 2 heterocycles. The van der Waals surface area contributed by atoms with Crippen molar-refractivity contribution in [1.29, 1.82) is 0 Å². The fraction of sp³-hybridized carbons (Fsp3) is 0.714. The van der Waals surface area contributed by atoms with E-state index in [0.717, 1.165) is 34.8 Å². The van der Waals surface area contributed by atoms with Crippen molar-refractivity contribution >= 4 is 10.0 Å². The molecule has 0 bridgehead atoms. The molecule has 0 N–H and O–H groups in total. The second kappa shape index (κ2) is 4.86. The molecule has 8 nitrogen and oxygen atoms in total. The van der Waals surface area contributed by atoms with E-state index in [1.165, 1.54) is 12.8 Å². The largest absolute Gasteiger partial charge is 0.253 e. The molecule has 2 aliphatic carbocycles. The first-order valence-corrected chi connectivity index (χ1v) is 9.71. The number of hydrogen-bond donors (Lipinski definition) is 0. The average molecular weight is 336 g/mol. The minimum atomic E-state index is -3.38. The van der Waals surface area contributed by atoms with E-state index >= 15 is 0 Å². The third kappa shape index (κ3) is 2.77. The lowest BCUT2D eigenvalue weighted by Crippen LogP contribution is -2.13. The second-order valence-corrected chi connectivity index (χ2v) is 8.53. The fourth-order valence-electron chi connectivity index (χ4n) is 3.02. The first kappa shape index (κ1) is 14.8. The van der Waals surface area contributed by atoms with E-state index in [-0.39, 0.29) is 5.92 Å². The molecule has 0 spiro atoms. The van der Waals surface area contributed by atoms with E-state index in [2.05, 4.69) is 20.2 Å². The summed E-state index contributed by atoms with van der Waals surface area (Å²) in [6.45, 7) is 1.67. The Bertz CT molecular complexity index is 864. The Labute approximate surface area is 135 Å². The van der Waals surface area contributed by atoms with Crippen LogP contribution >= 0.6 is 0 Å². The molecule has 2 aliphatic rings.